The van der Waals surface area contributed by atoms with Crippen LogP contribution in [0.1, 0.15) is 19.3 Å². The topological polar surface area (TPSA) is 110 Å². The van der Waals surface area contributed by atoms with Crippen molar-refractivity contribution in [3.05, 3.63) is 33.1 Å². The number of nitrogens with one attached hydrogen (secondary N) is 1. The van der Waals surface area contributed by atoms with Gasteiger partial charge < -0.3 is 10.4 Å². The lowest BCUT2D eigenvalue weighted by atomic mass is 10.1. The summed E-state index contributed by atoms with van der Waals surface area (Å²) in [5.41, 5.74) is -0.996. The Labute approximate surface area is 120 Å². The molecule has 0 aliphatic heterocycles. The minimum Gasteiger partial charge on any atom is -0.481 e. The van der Waals surface area contributed by atoms with Gasteiger partial charge in [0.25, 0.3) is 5.56 Å². The first-order valence-corrected chi connectivity index (χ1v) is 6.67. The summed E-state index contributed by atoms with van der Waals surface area (Å²) in [6.45, 7) is -0.193. The third-order valence-corrected chi connectivity index (χ3v) is 3.72. The van der Waals surface area contributed by atoms with Gasteiger partial charge in [-0.15, -0.1) is 0 Å². The summed E-state index contributed by atoms with van der Waals surface area (Å²) in [5, 5.41) is 11.6. The van der Waals surface area contributed by atoms with Gasteiger partial charge in [-0.05, 0) is 19.3 Å². The minimum absolute atomic E-state index is 0.179. The highest BCUT2D eigenvalue weighted by Crippen LogP contribution is 2.25. The van der Waals surface area contributed by atoms with Gasteiger partial charge in [0.05, 0.1) is 5.92 Å². The van der Waals surface area contributed by atoms with Gasteiger partial charge in [0.1, 0.15) is 6.54 Å². The van der Waals surface area contributed by atoms with Crippen molar-refractivity contribution in [2.24, 2.45) is 13.0 Å². The van der Waals surface area contributed by atoms with Crippen LogP contribution in [-0.2, 0) is 23.2 Å². The van der Waals surface area contributed by atoms with E-state index >= 15 is 0 Å². The largest absolute Gasteiger partial charge is 0.481 e. The Bertz CT molecular complexity index is 675. The van der Waals surface area contributed by atoms with Crippen molar-refractivity contribution >= 4 is 11.9 Å². The molecule has 0 saturated heterocycles. The van der Waals surface area contributed by atoms with Gasteiger partial charge in [0.2, 0.25) is 5.91 Å². The van der Waals surface area contributed by atoms with E-state index in [4.69, 9.17) is 5.11 Å². The lowest BCUT2D eigenvalue weighted by Crippen LogP contribution is -2.42. The first-order chi connectivity index (χ1) is 9.88. The zero-order valence-corrected chi connectivity index (χ0v) is 11.6. The standard InChI is InChI=1S/C13H17N3O5/c1-15-11(18)4-5-16(13(15)21)7-10(17)14-9-3-2-8(6-9)12(19)20/h4-5,8-9H,2-3,6-7H2,1H3,(H,14,17)(H,19,20)/t8-,9+/m1/s1. The molecule has 2 atom stereocenters. The smallest absolute Gasteiger partial charge is 0.331 e. The summed E-state index contributed by atoms with van der Waals surface area (Å²) in [5.74, 6) is -1.64. The highest BCUT2D eigenvalue weighted by molar-refractivity contribution is 5.76. The fraction of sp³-hybridized carbons (Fsp3) is 0.538. The zero-order valence-electron chi connectivity index (χ0n) is 11.6. The molecule has 8 nitrogen and oxygen atoms in total. The van der Waals surface area contributed by atoms with Crippen molar-refractivity contribution in [2.75, 3.05) is 0 Å². The number of carbonyl (C=O) groups excluding carboxylic acids is 1. The molecule has 8 heteroatoms. The van der Waals surface area contributed by atoms with E-state index in [0.717, 1.165) is 9.13 Å². The highest BCUT2D eigenvalue weighted by atomic mass is 16.4. The molecule has 1 saturated carbocycles. The monoisotopic (exact) mass is 295 g/mol. The summed E-state index contributed by atoms with van der Waals surface area (Å²) in [6.07, 6.45) is 2.84. The molecule has 1 heterocycles. The lowest BCUT2D eigenvalue weighted by Gasteiger charge is -2.13. The average molecular weight is 295 g/mol. The summed E-state index contributed by atoms with van der Waals surface area (Å²) in [4.78, 5) is 45.8. The van der Waals surface area contributed by atoms with Gasteiger partial charge in [-0.3, -0.25) is 23.5 Å². The Kier molecular flexibility index (Phi) is 4.25. The van der Waals surface area contributed by atoms with Crippen LogP contribution in [0.15, 0.2) is 21.9 Å². The first-order valence-electron chi connectivity index (χ1n) is 6.67. The Morgan fingerprint density at radius 3 is 2.71 bits per heavy atom. The SMILES string of the molecule is Cn1c(=O)ccn(CC(=O)N[C@H]2CC[C@@H](C(=O)O)C2)c1=O. The highest BCUT2D eigenvalue weighted by Gasteiger charge is 2.30. The molecular formula is C13H17N3O5. The third-order valence-electron chi connectivity index (χ3n) is 3.72. The van der Waals surface area contributed by atoms with Crippen LogP contribution in [0.25, 0.3) is 0 Å². The second kappa shape index (κ2) is 5.94. The Balaban J connectivity index is 1.97. The van der Waals surface area contributed by atoms with Crippen LogP contribution in [-0.4, -0.2) is 32.2 Å². The minimum atomic E-state index is -0.846. The van der Waals surface area contributed by atoms with E-state index in [-0.39, 0.29) is 18.5 Å². The van der Waals surface area contributed by atoms with Crippen molar-refractivity contribution in [3.8, 4) is 0 Å². The quantitative estimate of drug-likeness (QED) is 0.734. The Morgan fingerprint density at radius 1 is 1.38 bits per heavy atom. The van der Waals surface area contributed by atoms with Gasteiger partial charge in [-0.2, -0.15) is 0 Å². The molecule has 1 aliphatic rings. The molecule has 2 N–H and O–H groups in total. The number of rotatable bonds is 4. The first kappa shape index (κ1) is 15.0. The number of carboxylic acid groups (broad SMARTS) is 1. The number of amides is 1. The molecule has 0 aromatic carbocycles. The number of hydrogen-bond acceptors (Lipinski definition) is 4. The van der Waals surface area contributed by atoms with E-state index in [1.807, 2.05) is 0 Å². The zero-order chi connectivity index (χ0) is 15.6. The normalized spacial score (nSPS) is 21.2. The third kappa shape index (κ3) is 3.39. The molecule has 1 amide bonds. The van der Waals surface area contributed by atoms with Gasteiger partial charge in [0, 0.05) is 25.4 Å². The fourth-order valence-electron chi connectivity index (χ4n) is 2.50. The molecule has 21 heavy (non-hydrogen) atoms. The van der Waals surface area contributed by atoms with E-state index in [9.17, 15) is 19.2 Å². The molecular weight excluding hydrogens is 278 g/mol. The molecule has 0 unspecified atom stereocenters. The molecule has 1 aliphatic carbocycles. The van der Waals surface area contributed by atoms with Crippen LogP contribution in [0.2, 0.25) is 0 Å². The second-order valence-corrected chi connectivity index (χ2v) is 5.24. The number of carboxylic acids is 1. The maximum atomic E-state index is 11.9. The van der Waals surface area contributed by atoms with Crippen molar-refractivity contribution in [1.82, 2.24) is 14.5 Å². The van der Waals surface area contributed by atoms with Crippen LogP contribution in [0.5, 0.6) is 0 Å². The summed E-state index contributed by atoms with van der Waals surface area (Å²) < 4.78 is 2.06. The fourth-order valence-corrected chi connectivity index (χ4v) is 2.50. The number of aromatic nitrogens is 2. The molecule has 0 bridgehead atoms. The molecule has 0 spiro atoms. The molecule has 1 fully saturated rings. The van der Waals surface area contributed by atoms with Crippen LogP contribution >= 0.6 is 0 Å². The molecule has 1 aromatic heterocycles. The van der Waals surface area contributed by atoms with Crippen molar-refractivity contribution < 1.29 is 14.7 Å². The Morgan fingerprint density at radius 2 is 2.10 bits per heavy atom. The molecule has 114 valence electrons. The maximum Gasteiger partial charge on any atom is 0.331 e. The van der Waals surface area contributed by atoms with Gasteiger partial charge in [-0.1, -0.05) is 0 Å². The van der Waals surface area contributed by atoms with Crippen LogP contribution in [0.4, 0.5) is 0 Å². The van der Waals surface area contributed by atoms with Crippen molar-refractivity contribution in [3.63, 3.8) is 0 Å². The molecule has 1 aromatic rings. The number of aliphatic carboxylic acids is 1. The predicted octanol–water partition coefficient (Wildman–Crippen LogP) is -1.08. The van der Waals surface area contributed by atoms with E-state index < -0.39 is 23.1 Å². The van der Waals surface area contributed by atoms with E-state index in [0.29, 0.717) is 19.3 Å². The van der Waals surface area contributed by atoms with E-state index in [2.05, 4.69) is 5.32 Å². The van der Waals surface area contributed by atoms with Crippen LogP contribution < -0.4 is 16.6 Å². The molecule has 0 radical (unpaired) electrons. The average Bonchev–Trinajstić information content (AvgIpc) is 2.88. The van der Waals surface area contributed by atoms with Gasteiger partial charge in [0.15, 0.2) is 0 Å². The number of carbonyl (C=O) groups is 2. The van der Waals surface area contributed by atoms with Crippen LogP contribution in [0, 0.1) is 5.92 Å². The Hall–Kier alpha value is -2.38. The van der Waals surface area contributed by atoms with Crippen LogP contribution in [0.3, 0.4) is 0 Å². The molecule has 2 rings (SSSR count). The second-order valence-electron chi connectivity index (χ2n) is 5.24. The summed E-state index contributed by atoms with van der Waals surface area (Å²) in [7, 11) is 1.34. The number of hydrogen-bond donors (Lipinski definition) is 2. The number of nitrogens with zero attached hydrogens (tertiary/aromatic N) is 2. The summed E-state index contributed by atoms with van der Waals surface area (Å²) in [6, 6.07) is 1.03. The van der Waals surface area contributed by atoms with Crippen molar-refractivity contribution in [1.29, 1.82) is 0 Å². The van der Waals surface area contributed by atoms with Crippen molar-refractivity contribution in [2.45, 2.75) is 31.8 Å². The van der Waals surface area contributed by atoms with Gasteiger partial charge >= 0.3 is 11.7 Å². The lowest BCUT2D eigenvalue weighted by molar-refractivity contribution is -0.141. The predicted molar refractivity (Wildman–Crippen MR) is 72.9 cm³/mol. The maximum absolute atomic E-state index is 11.9. The van der Waals surface area contributed by atoms with E-state index in [1.165, 1.54) is 19.3 Å². The van der Waals surface area contributed by atoms with Gasteiger partial charge in [-0.25, -0.2) is 4.79 Å². The van der Waals surface area contributed by atoms with E-state index in [1.54, 1.807) is 0 Å². The summed E-state index contributed by atoms with van der Waals surface area (Å²) >= 11 is 0.